The van der Waals surface area contributed by atoms with E-state index < -0.39 is 0 Å². The number of rotatable bonds is 7. The molecule has 2 aromatic rings. The minimum absolute atomic E-state index is 0.842. The van der Waals surface area contributed by atoms with Crippen molar-refractivity contribution >= 4 is 5.82 Å². The zero-order valence-corrected chi connectivity index (χ0v) is 12.4. The molecule has 0 unspecified atom stereocenters. The molecule has 0 atom stereocenters. The van der Waals surface area contributed by atoms with Gasteiger partial charge in [-0.3, -0.25) is 0 Å². The first kappa shape index (κ1) is 14.4. The minimum Gasteiger partial charge on any atom is -0.370 e. The highest BCUT2D eigenvalue weighted by molar-refractivity contribution is 5.58. The van der Waals surface area contributed by atoms with E-state index in [0.717, 1.165) is 55.4 Å². The number of nitrogens with one attached hydrogen (secondary N) is 1. The largest absolute Gasteiger partial charge is 0.370 e. The summed E-state index contributed by atoms with van der Waals surface area (Å²) in [7, 11) is 0. The Morgan fingerprint density at radius 2 is 2.00 bits per heavy atom. The maximum atomic E-state index is 4.64. The van der Waals surface area contributed by atoms with E-state index in [1.807, 2.05) is 10.7 Å². The summed E-state index contributed by atoms with van der Waals surface area (Å²) in [6.07, 6.45) is 4.69. The quantitative estimate of drug-likeness (QED) is 0.840. The molecule has 0 saturated carbocycles. The lowest BCUT2D eigenvalue weighted by atomic mass is 10.2. The van der Waals surface area contributed by atoms with Crippen molar-refractivity contribution in [1.82, 2.24) is 25.0 Å². The van der Waals surface area contributed by atoms with E-state index in [9.17, 15) is 0 Å². The molecule has 0 amide bonds. The molecule has 0 bridgehead atoms. The van der Waals surface area contributed by atoms with Crippen LogP contribution in [0.3, 0.4) is 0 Å². The van der Waals surface area contributed by atoms with Gasteiger partial charge in [0.15, 0.2) is 0 Å². The summed E-state index contributed by atoms with van der Waals surface area (Å²) < 4.78 is 1.90. The van der Waals surface area contributed by atoms with E-state index in [2.05, 4.69) is 46.4 Å². The van der Waals surface area contributed by atoms with Gasteiger partial charge in [0.25, 0.3) is 0 Å². The molecule has 1 N–H and O–H groups in total. The molecule has 6 heteroatoms. The predicted molar refractivity (Wildman–Crippen MR) is 79.5 cm³/mol. The van der Waals surface area contributed by atoms with Gasteiger partial charge in [0.2, 0.25) is 0 Å². The molecule has 2 aromatic heterocycles. The van der Waals surface area contributed by atoms with Crippen LogP contribution in [-0.4, -0.2) is 31.5 Å². The number of aryl methyl sites for hydroxylation is 2. The van der Waals surface area contributed by atoms with Crippen LogP contribution in [0, 0.1) is 0 Å². The molecule has 2 rings (SSSR count). The second-order valence-corrected chi connectivity index (χ2v) is 4.68. The van der Waals surface area contributed by atoms with E-state index in [1.165, 1.54) is 0 Å². The van der Waals surface area contributed by atoms with Crippen LogP contribution in [0.4, 0.5) is 5.82 Å². The van der Waals surface area contributed by atoms with Gasteiger partial charge in [-0.05, 0) is 19.8 Å². The van der Waals surface area contributed by atoms with E-state index in [1.54, 1.807) is 6.20 Å². The maximum Gasteiger partial charge on any atom is 0.131 e. The van der Waals surface area contributed by atoms with Gasteiger partial charge in [0.05, 0.1) is 11.9 Å². The molecule has 0 aliphatic rings. The van der Waals surface area contributed by atoms with Crippen molar-refractivity contribution in [3.05, 3.63) is 18.1 Å². The van der Waals surface area contributed by atoms with Crippen molar-refractivity contribution in [2.75, 3.05) is 11.9 Å². The first-order valence-corrected chi connectivity index (χ1v) is 7.29. The van der Waals surface area contributed by atoms with Crippen LogP contribution in [-0.2, 0) is 13.0 Å². The molecule has 0 aliphatic heterocycles. The van der Waals surface area contributed by atoms with E-state index in [-0.39, 0.29) is 0 Å². The van der Waals surface area contributed by atoms with E-state index in [0.29, 0.717) is 0 Å². The van der Waals surface area contributed by atoms with Crippen LogP contribution < -0.4 is 5.32 Å². The Morgan fingerprint density at radius 3 is 2.70 bits per heavy atom. The molecule has 0 fully saturated rings. The van der Waals surface area contributed by atoms with Gasteiger partial charge in [-0.15, -0.1) is 5.10 Å². The summed E-state index contributed by atoms with van der Waals surface area (Å²) in [5, 5.41) is 11.4. The predicted octanol–water partition coefficient (Wildman–Crippen LogP) is 2.53. The highest BCUT2D eigenvalue weighted by atomic mass is 15.4. The van der Waals surface area contributed by atoms with Gasteiger partial charge < -0.3 is 5.32 Å². The fraction of sp³-hybridized carbons (Fsp3) is 0.571. The van der Waals surface area contributed by atoms with Crippen LogP contribution >= 0.6 is 0 Å². The molecular formula is C14H22N6. The smallest absolute Gasteiger partial charge is 0.131 e. The van der Waals surface area contributed by atoms with Crippen molar-refractivity contribution in [2.45, 2.75) is 46.6 Å². The minimum atomic E-state index is 0.842. The molecule has 0 spiro atoms. The number of anilines is 1. The lowest BCUT2D eigenvalue weighted by Crippen LogP contribution is -2.07. The zero-order chi connectivity index (χ0) is 14.4. The highest BCUT2D eigenvalue weighted by Crippen LogP contribution is 2.19. The van der Waals surface area contributed by atoms with Gasteiger partial charge in [0.1, 0.15) is 17.3 Å². The van der Waals surface area contributed by atoms with Crippen LogP contribution in [0.1, 0.15) is 39.4 Å². The monoisotopic (exact) mass is 274 g/mol. The van der Waals surface area contributed by atoms with Crippen molar-refractivity contribution in [1.29, 1.82) is 0 Å². The first-order valence-electron chi connectivity index (χ1n) is 7.29. The van der Waals surface area contributed by atoms with Gasteiger partial charge >= 0.3 is 0 Å². The number of hydrogen-bond acceptors (Lipinski definition) is 5. The summed E-state index contributed by atoms with van der Waals surface area (Å²) in [6.45, 7) is 8.00. The Balaban J connectivity index is 2.40. The van der Waals surface area contributed by atoms with Crippen molar-refractivity contribution < 1.29 is 0 Å². The molecule has 6 nitrogen and oxygen atoms in total. The summed E-state index contributed by atoms with van der Waals surface area (Å²) in [5.74, 6) is 1.73. The van der Waals surface area contributed by atoms with Crippen molar-refractivity contribution in [3.63, 3.8) is 0 Å². The van der Waals surface area contributed by atoms with Crippen LogP contribution in [0.2, 0.25) is 0 Å². The number of hydrogen-bond donors (Lipinski definition) is 1. The maximum absolute atomic E-state index is 4.64. The zero-order valence-electron chi connectivity index (χ0n) is 12.4. The van der Waals surface area contributed by atoms with Crippen LogP contribution in [0.5, 0.6) is 0 Å². The lowest BCUT2D eigenvalue weighted by Gasteiger charge is -2.09. The molecule has 0 saturated heterocycles. The van der Waals surface area contributed by atoms with Gasteiger partial charge in [-0.1, -0.05) is 19.1 Å². The third kappa shape index (κ3) is 3.31. The molecular weight excluding hydrogens is 252 g/mol. The third-order valence-electron chi connectivity index (χ3n) is 2.92. The van der Waals surface area contributed by atoms with Gasteiger partial charge in [-0.25, -0.2) is 14.6 Å². The summed E-state index contributed by atoms with van der Waals surface area (Å²) in [5.41, 5.74) is 1.84. The Labute approximate surface area is 119 Å². The van der Waals surface area contributed by atoms with Crippen LogP contribution in [0.15, 0.2) is 12.3 Å². The Kier molecular flexibility index (Phi) is 5.03. The van der Waals surface area contributed by atoms with E-state index in [4.69, 9.17) is 0 Å². The normalized spacial score (nSPS) is 10.8. The standard InChI is InChI=1S/C14H22N6/c1-4-7-13-17-11(9-14(18-13)15-6-3)12-10-16-19-20(12)8-5-2/h9-10H,4-8H2,1-3H3,(H,15,17,18). The number of aromatic nitrogens is 5. The van der Waals surface area contributed by atoms with Crippen molar-refractivity contribution in [2.24, 2.45) is 0 Å². The lowest BCUT2D eigenvalue weighted by molar-refractivity contribution is 0.583. The van der Waals surface area contributed by atoms with Gasteiger partial charge in [-0.2, -0.15) is 0 Å². The van der Waals surface area contributed by atoms with Gasteiger partial charge in [0, 0.05) is 25.6 Å². The molecule has 20 heavy (non-hydrogen) atoms. The molecule has 2 heterocycles. The summed E-state index contributed by atoms with van der Waals surface area (Å²) in [4.78, 5) is 9.16. The topological polar surface area (TPSA) is 68.5 Å². The Hall–Kier alpha value is -1.98. The highest BCUT2D eigenvalue weighted by Gasteiger charge is 2.11. The second kappa shape index (κ2) is 6.98. The average molecular weight is 274 g/mol. The van der Waals surface area contributed by atoms with Crippen molar-refractivity contribution in [3.8, 4) is 11.4 Å². The second-order valence-electron chi connectivity index (χ2n) is 4.68. The first-order chi connectivity index (χ1) is 9.78. The molecule has 0 aliphatic carbocycles. The Bertz CT molecular complexity index is 524. The SMILES string of the molecule is CCCc1nc(NCC)cc(-c2cnnn2CCC)n1. The van der Waals surface area contributed by atoms with E-state index >= 15 is 0 Å². The van der Waals surface area contributed by atoms with Crippen LogP contribution in [0.25, 0.3) is 11.4 Å². The fourth-order valence-corrected chi connectivity index (χ4v) is 2.07. The summed E-state index contributed by atoms with van der Waals surface area (Å²) >= 11 is 0. The Morgan fingerprint density at radius 1 is 1.15 bits per heavy atom. The third-order valence-corrected chi connectivity index (χ3v) is 2.92. The summed E-state index contributed by atoms with van der Waals surface area (Å²) in [6, 6.07) is 1.97. The average Bonchev–Trinajstić information content (AvgIpc) is 2.88. The molecule has 108 valence electrons. The number of nitrogens with zero attached hydrogens (tertiary/aromatic N) is 5. The molecule has 0 aromatic carbocycles. The fourth-order valence-electron chi connectivity index (χ4n) is 2.07. The molecule has 0 radical (unpaired) electrons.